The summed E-state index contributed by atoms with van der Waals surface area (Å²) in [5.41, 5.74) is 2.68. The van der Waals surface area contributed by atoms with Crippen LogP contribution < -0.4 is 5.32 Å². The fraction of sp³-hybridized carbons (Fsp3) is 0.211. The molecule has 3 rings (SSSR count). The fourth-order valence-corrected chi connectivity index (χ4v) is 3.84. The van der Waals surface area contributed by atoms with Gasteiger partial charge in [-0.1, -0.05) is 12.1 Å². The molecule has 1 aromatic carbocycles. The molecule has 0 saturated heterocycles. The molecule has 128 valence electrons. The highest BCUT2D eigenvalue weighted by Gasteiger charge is 2.11. The third-order valence-corrected chi connectivity index (χ3v) is 5.49. The van der Waals surface area contributed by atoms with Crippen LogP contribution in [-0.2, 0) is 4.79 Å². The van der Waals surface area contributed by atoms with E-state index in [1.165, 1.54) is 11.3 Å². The number of carbonyl (C=O) groups is 2. The number of aromatic nitrogens is 1. The normalized spacial score (nSPS) is 10.6. The van der Waals surface area contributed by atoms with E-state index in [0.717, 1.165) is 26.8 Å². The lowest BCUT2D eigenvalue weighted by Crippen LogP contribution is -2.13. The number of amides is 1. The Morgan fingerprint density at radius 1 is 1.04 bits per heavy atom. The molecule has 0 fully saturated rings. The lowest BCUT2D eigenvalue weighted by atomic mass is 10.1. The van der Waals surface area contributed by atoms with Crippen molar-refractivity contribution in [1.29, 1.82) is 0 Å². The minimum Gasteiger partial charge on any atom is -0.326 e. The van der Waals surface area contributed by atoms with E-state index >= 15 is 0 Å². The number of aryl methyl sites for hydroxylation is 2. The predicted molar refractivity (Wildman–Crippen MR) is 104 cm³/mol. The van der Waals surface area contributed by atoms with Crippen LogP contribution in [0.15, 0.2) is 41.8 Å². The maximum absolute atomic E-state index is 12.0. The van der Waals surface area contributed by atoms with Crippen molar-refractivity contribution in [2.24, 2.45) is 0 Å². The van der Waals surface area contributed by atoms with E-state index in [1.807, 2.05) is 55.6 Å². The van der Waals surface area contributed by atoms with Crippen LogP contribution in [0, 0.1) is 13.8 Å². The molecule has 0 atom stereocenters. The molecule has 0 aliphatic heterocycles. The Balaban J connectivity index is 1.53. The number of thiophene rings is 1. The maximum Gasteiger partial charge on any atom is 0.224 e. The topological polar surface area (TPSA) is 59.1 Å². The molecular formula is C19H18N2O2S2. The Kier molecular flexibility index (Phi) is 5.40. The Labute approximate surface area is 154 Å². The van der Waals surface area contributed by atoms with E-state index in [0.29, 0.717) is 4.88 Å². The number of Topliss-reactive ketones (excluding diaryl/α,β-unsaturated/α-hetero) is 1. The minimum atomic E-state index is -0.154. The molecule has 3 aromatic rings. The highest BCUT2D eigenvalue weighted by molar-refractivity contribution is 7.14. The Bertz CT molecular complexity index is 894. The van der Waals surface area contributed by atoms with Gasteiger partial charge in [-0.15, -0.1) is 22.7 Å². The zero-order valence-electron chi connectivity index (χ0n) is 14.0. The number of anilines is 1. The first-order chi connectivity index (χ1) is 12.0. The van der Waals surface area contributed by atoms with Crippen LogP contribution in [0.4, 0.5) is 5.69 Å². The number of benzene rings is 1. The number of hydrogen-bond donors (Lipinski definition) is 1. The third kappa shape index (κ3) is 4.61. The molecule has 1 N–H and O–H groups in total. The summed E-state index contributed by atoms with van der Waals surface area (Å²) in [7, 11) is 0. The minimum absolute atomic E-state index is 0.0162. The van der Waals surface area contributed by atoms with Crippen molar-refractivity contribution in [3.8, 4) is 11.3 Å². The molecule has 0 radical (unpaired) electrons. The van der Waals surface area contributed by atoms with Crippen LogP contribution in [-0.4, -0.2) is 16.7 Å². The fourth-order valence-electron chi connectivity index (χ4n) is 2.38. The summed E-state index contributed by atoms with van der Waals surface area (Å²) < 4.78 is 0. The van der Waals surface area contributed by atoms with Gasteiger partial charge in [0.25, 0.3) is 0 Å². The highest BCUT2D eigenvalue weighted by atomic mass is 32.1. The second-order valence-electron chi connectivity index (χ2n) is 5.71. The van der Waals surface area contributed by atoms with Crippen LogP contribution in [0.5, 0.6) is 0 Å². The summed E-state index contributed by atoms with van der Waals surface area (Å²) in [5, 5.41) is 5.87. The number of nitrogens with one attached hydrogen (secondary N) is 1. The zero-order valence-corrected chi connectivity index (χ0v) is 15.7. The summed E-state index contributed by atoms with van der Waals surface area (Å²) >= 11 is 3.08. The lowest BCUT2D eigenvalue weighted by molar-refractivity contribution is -0.116. The van der Waals surface area contributed by atoms with Crippen LogP contribution in [0.3, 0.4) is 0 Å². The van der Waals surface area contributed by atoms with Gasteiger partial charge < -0.3 is 5.32 Å². The summed E-state index contributed by atoms with van der Waals surface area (Å²) in [6.07, 6.45) is 0.408. The van der Waals surface area contributed by atoms with Crippen molar-refractivity contribution >= 4 is 40.1 Å². The van der Waals surface area contributed by atoms with E-state index in [1.54, 1.807) is 11.3 Å². The van der Waals surface area contributed by atoms with E-state index in [-0.39, 0.29) is 24.5 Å². The summed E-state index contributed by atoms with van der Waals surface area (Å²) in [6.45, 7) is 3.94. The van der Waals surface area contributed by atoms with Crippen molar-refractivity contribution in [3.63, 3.8) is 0 Å². The van der Waals surface area contributed by atoms with Crippen molar-refractivity contribution in [1.82, 2.24) is 4.98 Å². The first-order valence-electron chi connectivity index (χ1n) is 7.93. The zero-order chi connectivity index (χ0) is 17.8. The van der Waals surface area contributed by atoms with Crippen molar-refractivity contribution in [2.45, 2.75) is 26.7 Å². The Morgan fingerprint density at radius 3 is 2.40 bits per heavy atom. The standard InChI is InChI=1S/C19H18N2O2S2/c1-12-3-9-18(25-12)17(22)8-10-19(23)21-15-6-4-14(5-7-15)16-11-24-13(2)20-16/h3-7,9,11H,8,10H2,1-2H3,(H,21,23). The number of hydrogen-bond acceptors (Lipinski definition) is 5. The molecule has 2 heterocycles. The van der Waals surface area contributed by atoms with Gasteiger partial charge in [0.05, 0.1) is 15.6 Å². The number of thiazole rings is 1. The van der Waals surface area contributed by atoms with Crippen molar-refractivity contribution in [3.05, 3.63) is 56.5 Å². The predicted octanol–water partition coefficient (Wildman–Crippen LogP) is 5.09. The van der Waals surface area contributed by atoms with Gasteiger partial charge in [-0.3, -0.25) is 9.59 Å². The monoisotopic (exact) mass is 370 g/mol. The van der Waals surface area contributed by atoms with Crippen LogP contribution in [0.25, 0.3) is 11.3 Å². The maximum atomic E-state index is 12.0. The SMILES string of the molecule is Cc1ccc(C(=O)CCC(=O)Nc2ccc(-c3csc(C)n3)cc2)s1. The smallest absolute Gasteiger partial charge is 0.224 e. The van der Waals surface area contributed by atoms with Gasteiger partial charge in [-0.05, 0) is 38.1 Å². The van der Waals surface area contributed by atoms with E-state index < -0.39 is 0 Å². The average Bonchev–Trinajstić information content (AvgIpc) is 3.22. The summed E-state index contributed by atoms with van der Waals surface area (Å²) in [4.78, 5) is 30.3. The van der Waals surface area contributed by atoms with Crippen molar-refractivity contribution < 1.29 is 9.59 Å². The number of nitrogens with zero attached hydrogens (tertiary/aromatic N) is 1. The van der Waals surface area contributed by atoms with Gasteiger partial charge in [-0.2, -0.15) is 0 Å². The molecule has 0 aliphatic rings. The van der Waals surface area contributed by atoms with Gasteiger partial charge in [0, 0.05) is 34.3 Å². The first kappa shape index (κ1) is 17.5. The summed E-state index contributed by atoms with van der Waals surface area (Å²) in [6, 6.07) is 11.3. The van der Waals surface area contributed by atoms with Crippen molar-refractivity contribution in [2.75, 3.05) is 5.32 Å². The molecular weight excluding hydrogens is 352 g/mol. The van der Waals surface area contributed by atoms with Crippen LogP contribution in [0.2, 0.25) is 0 Å². The second-order valence-corrected chi connectivity index (χ2v) is 8.06. The van der Waals surface area contributed by atoms with Crippen LogP contribution in [0.1, 0.15) is 32.4 Å². The lowest BCUT2D eigenvalue weighted by Gasteiger charge is -2.05. The van der Waals surface area contributed by atoms with E-state index in [4.69, 9.17) is 0 Å². The highest BCUT2D eigenvalue weighted by Crippen LogP contribution is 2.23. The van der Waals surface area contributed by atoms with Gasteiger partial charge in [0.2, 0.25) is 5.91 Å². The molecule has 0 bridgehead atoms. The molecule has 0 aliphatic carbocycles. The van der Waals surface area contributed by atoms with Gasteiger partial charge in [0.15, 0.2) is 5.78 Å². The number of carbonyl (C=O) groups excluding carboxylic acids is 2. The van der Waals surface area contributed by atoms with E-state index in [9.17, 15) is 9.59 Å². The molecule has 0 saturated carbocycles. The molecule has 0 unspecified atom stereocenters. The molecule has 6 heteroatoms. The second kappa shape index (κ2) is 7.72. The largest absolute Gasteiger partial charge is 0.326 e. The molecule has 25 heavy (non-hydrogen) atoms. The van der Waals surface area contributed by atoms with Crippen LogP contribution >= 0.6 is 22.7 Å². The molecule has 2 aromatic heterocycles. The number of ketones is 1. The molecule has 1 amide bonds. The Hall–Kier alpha value is -2.31. The van der Waals surface area contributed by atoms with E-state index in [2.05, 4.69) is 10.3 Å². The Morgan fingerprint density at radius 2 is 1.80 bits per heavy atom. The third-order valence-electron chi connectivity index (χ3n) is 3.68. The molecule has 4 nitrogen and oxygen atoms in total. The van der Waals surface area contributed by atoms with Gasteiger partial charge >= 0.3 is 0 Å². The van der Waals surface area contributed by atoms with Gasteiger partial charge in [0.1, 0.15) is 0 Å². The number of rotatable bonds is 6. The average molecular weight is 370 g/mol. The summed E-state index contributed by atoms with van der Waals surface area (Å²) in [5.74, 6) is -0.138. The molecule has 0 spiro atoms. The first-order valence-corrected chi connectivity index (χ1v) is 9.63. The quantitative estimate of drug-likeness (QED) is 0.615. The van der Waals surface area contributed by atoms with Gasteiger partial charge in [-0.25, -0.2) is 4.98 Å².